The largest absolute Gasteiger partial charge is 0.363 e. The lowest BCUT2D eigenvalue weighted by Crippen LogP contribution is -2.46. The van der Waals surface area contributed by atoms with Crippen LogP contribution in [0.3, 0.4) is 0 Å². The van der Waals surface area contributed by atoms with Crippen molar-refractivity contribution in [3.8, 4) is 0 Å². The zero-order chi connectivity index (χ0) is 11.8. The summed E-state index contributed by atoms with van der Waals surface area (Å²) in [6.07, 6.45) is 9.62. The molecule has 0 aliphatic heterocycles. The highest BCUT2D eigenvalue weighted by molar-refractivity contribution is 7.80. The van der Waals surface area contributed by atoms with E-state index in [9.17, 15) is 0 Å². The molecule has 1 fully saturated rings. The molecule has 0 heterocycles. The summed E-state index contributed by atoms with van der Waals surface area (Å²) in [5.74, 6) is 0. The van der Waals surface area contributed by atoms with Crippen molar-refractivity contribution in [2.45, 2.75) is 64.8 Å². The Bertz CT molecular complexity index is 198. The molecule has 0 atom stereocenters. The third-order valence-electron chi connectivity index (χ3n) is 3.45. The minimum absolute atomic E-state index is 0.678. The van der Waals surface area contributed by atoms with E-state index in [0.29, 0.717) is 6.04 Å². The standard InChI is InChI=1S/C13H26N2S/c1-3-14-13(16)15(4-2)12-10-8-6-5-7-9-11-12/h12H,3-11H2,1-2H3,(H,14,16). The zero-order valence-corrected chi connectivity index (χ0v) is 11.6. The van der Waals surface area contributed by atoms with Crippen LogP contribution in [0.25, 0.3) is 0 Å². The van der Waals surface area contributed by atoms with E-state index in [-0.39, 0.29) is 0 Å². The predicted octanol–water partition coefficient (Wildman–Crippen LogP) is 3.32. The minimum atomic E-state index is 0.678. The van der Waals surface area contributed by atoms with Gasteiger partial charge in [0.25, 0.3) is 0 Å². The summed E-state index contributed by atoms with van der Waals surface area (Å²) in [6, 6.07) is 0.678. The minimum Gasteiger partial charge on any atom is -0.363 e. The van der Waals surface area contributed by atoms with Crippen LogP contribution in [0.4, 0.5) is 0 Å². The van der Waals surface area contributed by atoms with E-state index in [2.05, 4.69) is 24.1 Å². The molecule has 94 valence electrons. The maximum Gasteiger partial charge on any atom is 0.169 e. The molecule has 0 saturated heterocycles. The Hall–Kier alpha value is -0.310. The molecule has 16 heavy (non-hydrogen) atoms. The van der Waals surface area contributed by atoms with E-state index in [1.165, 1.54) is 44.9 Å². The maximum absolute atomic E-state index is 5.45. The maximum atomic E-state index is 5.45. The monoisotopic (exact) mass is 242 g/mol. The molecule has 0 spiro atoms. The molecule has 0 aromatic rings. The van der Waals surface area contributed by atoms with Gasteiger partial charge in [0.15, 0.2) is 5.11 Å². The predicted molar refractivity (Wildman–Crippen MR) is 74.8 cm³/mol. The average Bonchev–Trinajstić information content (AvgIpc) is 2.22. The second-order valence-electron chi connectivity index (χ2n) is 4.62. The first-order chi connectivity index (χ1) is 7.79. The van der Waals surface area contributed by atoms with Crippen LogP contribution in [-0.2, 0) is 0 Å². The quantitative estimate of drug-likeness (QED) is 0.764. The molecule has 0 unspecified atom stereocenters. The van der Waals surface area contributed by atoms with Gasteiger partial charge in [-0.25, -0.2) is 0 Å². The molecule has 0 amide bonds. The summed E-state index contributed by atoms with van der Waals surface area (Å²) < 4.78 is 0. The van der Waals surface area contributed by atoms with Gasteiger partial charge in [-0.1, -0.05) is 32.1 Å². The van der Waals surface area contributed by atoms with Crippen molar-refractivity contribution in [3.63, 3.8) is 0 Å². The van der Waals surface area contributed by atoms with Gasteiger partial charge in [0.2, 0.25) is 0 Å². The van der Waals surface area contributed by atoms with E-state index in [0.717, 1.165) is 18.2 Å². The van der Waals surface area contributed by atoms with Gasteiger partial charge in [-0.15, -0.1) is 0 Å². The van der Waals surface area contributed by atoms with Crippen LogP contribution in [0.15, 0.2) is 0 Å². The van der Waals surface area contributed by atoms with Crippen LogP contribution in [0.5, 0.6) is 0 Å². The van der Waals surface area contributed by atoms with Gasteiger partial charge in [0, 0.05) is 19.1 Å². The second kappa shape index (κ2) is 7.88. The molecule has 1 rings (SSSR count). The first kappa shape index (κ1) is 13.8. The number of hydrogen-bond acceptors (Lipinski definition) is 1. The van der Waals surface area contributed by atoms with Crippen molar-refractivity contribution in [3.05, 3.63) is 0 Å². The Balaban J connectivity index is 2.51. The fourth-order valence-corrected chi connectivity index (χ4v) is 2.99. The Kier molecular flexibility index (Phi) is 6.78. The number of nitrogens with zero attached hydrogens (tertiary/aromatic N) is 1. The first-order valence-electron chi connectivity index (χ1n) is 6.84. The lowest BCUT2D eigenvalue weighted by Gasteiger charge is -2.34. The van der Waals surface area contributed by atoms with Crippen molar-refractivity contribution < 1.29 is 0 Å². The molecule has 1 aliphatic rings. The van der Waals surface area contributed by atoms with Gasteiger partial charge in [0.1, 0.15) is 0 Å². The fourth-order valence-electron chi connectivity index (χ4n) is 2.57. The van der Waals surface area contributed by atoms with Gasteiger partial charge in [-0.2, -0.15) is 0 Å². The summed E-state index contributed by atoms with van der Waals surface area (Å²) in [6.45, 7) is 6.29. The first-order valence-corrected chi connectivity index (χ1v) is 7.24. The highest BCUT2D eigenvalue weighted by atomic mass is 32.1. The lowest BCUT2D eigenvalue weighted by molar-refractivity contribution is 0.264. The topological polar surface area (TPSA) is 15.3 Å². The number of hydrogen-bond donors (Lipinski definition) is 1. The average molecular weight is 242 g/mol. The fraction of sp³-hybridized carbons (Fsp3) is 0.923. The Labute approximate surface area is 106 Å². The number of nitrogens with one attached hydrogen (secondary N) is 1. The third kappa shape index (κ3) is 4.28. The number of rotatable bonds is 3. The molecule has 1 saturated carbocycles. The van der Waals surface area contributed by atoms with Gasteiger partial charge in [-0.3, -0.25) is 0 Å². The molecular weight excluding hydrogens is 216 g/mol. The van der Waals surface area contributed by atoms with Crippen molar-refractivity contribution >= 4 is 17.3 Å². The van der Waals surface area contributed by atoms with Crippen LogP contribution in [0.2, 0.25) is 0 Å². The van der Waals surface area contributed by atoms with Crippen molar-refractivity contribution in [2.75, 3.05) is 13.1 Å². The molecular formula is C13H26N2S. The summed E-state index contributed by atoms with van der Waals surface area (Å²) in [5.41, 5.74) is 0. The van der Waals surface area contributed by atoms with Crippen LogP contribution in [0, 0.1) is 0 Å². The highest BCUT2D eigenvalue weighted by Gasteiger charge is 2.19. The summed E-state index contributed by atoms with van der Waals surface area (Å²) >= 11 is 5.45. The Morgan fingerprint density at radius 1 is 1.12 bits per heavy atom. The Morgan fingerprint density at radius 3 is 2.19 bits per heavy atom. The van der Waals surface area contributed by atoms with E-state index < -0.39 is 0 Å². The summed E-state index contributed by atoms with van der Waals surface area (Å²) in [5, 5.41) is 4.24. The molecule has 3 heteroatoms. The van der Waals surface area contributed by atoms with Gasteiger partial charge in [-0.05, 0) is 38.9 Å². The molecule has 1 aliphatic carbocycles. The molecule has 2 nitrogen and oxygen atoms in total. The SMILES string of the molecule is CCNC(=S)N(CC)C1CCCCCCC1. The molecule has 0 bridgehead atoms. The molecule has 0 radical (unpaired) electrons. The Morgan fingerprint density at radius 2 is 1.69 bits per heavy atom. The summed E-state index contributed by atoms with van der Waals surface area (Å²) in [4.78, 5) is 2.39. The lowest BCUT2D eigenvalue weighted by atomic mass is 9.96. The molecule has 0 aromatic heterocycles. The van der Waals surface area contributed by atoms with E-state index in [1.54, 1.807) is 0 Å². The van der Waals surface area contributed by atoms with Crippen LogP contribution in [-0.4, -0.2) is 29.1 Å². The van der Waals surface area contributed by atoms with Crippen LogP contribution >= 0.6 is 12.2 Å². The van der Waals surface area contributed by atoms with E-state index in [1.807, 2.05) is 0 Å². The van der Waals surface area contributed by atoms with E-state index in [4.69, 9.17) is 12.2 Å². The van der Waals surface area contributed by atoms with Crippen molar-refractivity contribution in [1.29, 1.82) is 0 Å². The smallest absolute Gasteiger partial charge is 0.169 e. The van der Waals surface area contributed by atoms with Gasteiger partial charge < -0.3 is 10.2 Å². The van der Waals surface area contributed by atoms with Crippen LogP contribution < -0.4 is 5.32 Å². The van der Waals surface area contributed by atoms with Gasteiger partial charge in [0.05, 0.1) is 0 Å². The van der Waals surface area contributed by atoms with Crippen molar-refractivity contribution in [1.82, 2.24) is 10.2 Å². The molecule has 0 aromatic carbocycles. The summed E-state index contributed by atoms with van der Waals surface area (Å²) in [7, 11) is 0. The van der Waals surface area contributed by atoms with Crippen molar-refractivity contribution in [2.24, 2.45) is 0 Å². The second-order valence-corrected chi connectivity index (χ2v) is 5.01. The third-order valence-corrected chi connectivity index (χ3v) is 3.82. The zero-order valence-electron chi connectivity index (χ0n) is 10.8. The highest BCUT2D eigenvalue weighted by Crippen LogP contribution is 2.21. The van der Waals surface area contributed by atoms with E-state index >= 15 is 0 Å². The number of thiocarbonyl (C=S) groups is 1. The van der Waals surface area contributed by atoms with Crippen LogP contribution in [0.1, 0.15) is 58.8 Å². The van der Waals surface area contributed by atoms with Gasteiger partial charge >= 0.3 is 0 Å². The molecule has 1 N–H and O–H groups in total. The normalized spacial score (nSPS) is 18.6.